The number of nitrogens with zero attached hydrogens (tertiary/aromatic N) is 1. The molecule has 3 N–H and O–H groups in total. The molecule has 3 aromatic rings. The smallest absolute Gasteiger partial charge is 0.341 e. The molecule has 0 radical (unpaired) electrons. The molecule has 0 saturated carbocycles. The third-order valence-electron chi connectivity index (χ3n) is 2.67. The highest BCUT2D eigenvalue weighted by Crippen LogP contribution is 2.18. The van der Waals surface area contributed by atoms with Crippen LogP contribution in [0.15, 0.2) is 29.5 Å². The van der Waals surface area contributed by atoms with E-state index in [1.807, 2.05) is 0 Å². The van der Waals surface area contributed by atoms with Crippen molar-refractivity contribution in [2.75, 3.05) is 0 Å². The van der Waals surface area contributed by atoms with E-state index in [1.54, 1.807) is 12.1 Å². The van der Waals surface area contributed by atoms with Crippen LogP contribution in [0.1, 0.15) is 10.4 Å². The summed E-state index contributed by atoms with van der Waals surface area (Å²) < 4.78 is 0. The van der Waals surface area contributed by atoms with Crippen LogP contribution in [0.5, 0.6) is 0 Å². The van der Waals surface area contributed by atoms with Crippen LogP contribution in [0.25, 0.3) is 21.9 Å². The van der Waals surface area contributed by atoms with E-state index in [2.05, 4.69) is 15.0 Å². The standard InChI is InChI=1S/C11H7N3O3/c15-10-5(11(16)17)3-12-6-1-2-7-9(8(6)10)14-4-13-7/h1-4H,(H,12,15)(H,13,14)(H,16,17). The van der Waals surface area contributed by atoms with Gasteiger partial charge in [0.1, 0.15) is 11.1 Å². The molecule has 17 heavy (non-hydrogen) atoms. The zero-order valence-corrected chi connectivity index (χ0v) is 8.52. The predicted molar refractivity (Wildman–Crippen MR) is 61.2 cm³/mol. The van der Waals surface area contributed by atoms with E-state index in [9.17, 15) is 9.59 Å². The van der Waals surface area contributed by atoms with Crippen molar-refractivity contribution in [2.24, 2.45) is 0 Å². The summed E-state index contributed by atoms with van der Waals surface area (Å²) in [6.07, 6.45) is 2.67. The lowest BCUT2D eigenvalue weighted by molar-refractivity contribution is 0.0695. The average molecular weight is 229 g/mol. The molecule has 0 unspecified atom stereocenters. The minimum absolute atomic E-state index is 0.284. The fourth-order valence-electron chi connectivity index (χ4n) is 1.87. The molecule has 0 atom stereocenters. The first-order chi connectivity index (χ1) is 8.18. The number of H-pyrrole nitrogens is 2. The minimum atomic E-state index is -1.25. The second kappa shape index (κ2) is 3.18. The Morgan fingerprint density at radius 1 is 1.24 bits per heavy atom. The van der Waals surface area contributed by atoms with E-state index in [0.29, 0.717) is 21.9 Å². The van der Waals surface area contributed by atoms with Gasteiger partial charge in [-0.2, -0.15) is 0 Å². The van der Waals surface area contributed by atoms with E-state index >= 15 is 0 Å². The van der Waals surface area contributed by atoms with Crippen LogP contribution < -0.4 is 5.43 Å². The molecule has 1 aromatic carbocycles. The summed E-state index contributed by atoms with van der Waals surface area (Å²) in [5.74, 6) is -1.25. The lowest BCUT2D eigenvalue weighted by atomic mass is 10.1. The quantitative estimate of drug-likeness (QED) is 0.581. The third-order valence-corrected chi connectivity index (χ3v) is 2.67. The molecule has 0 aliphatic heterocycles. The number of benzene rings is 1. The molecule has 2 aromatic heterocycles. The molecule has 84 valence electrons. The molecule has 0 amide bonds. The maximum Gasteiger partial charge on any atom is 0.341 e. The van der Waals surface area contributed by atoms with E-state index in [0.717, 1.165) is 0 Å². The lowest BCUT2D eigenvalue weighted by Crippen LogP contribution is -2.15. The average Bonchev–Trinajstić information content (AvgIpc) is 2.76. The molecular weight excluding hydrogens is 222 g/mol. The number of carboxylic acids is 1. The van der Waals surface area contributed by atoms with Gasteiger partial charge >= 0.3 is 5.97 Å². The van der Waals surface area contributed by atoms with Crippen LogP contribution in [0, 0.1) is 0 Å². The highest BCUT2D eigenvalue weighted by atomic mass is 16.4. The number of aromatic carboxylic acids is 1. The maximum absolute atomic E-state index is 12.0. The molecule has 6 heteroatoms. The third kappa shape index (κ3) is 1.24. The van der Waals surface area contributed by atoms with Gasteiger partial charge < -0.3 is 15.1 Å². The number of fused-ring (bicyclic) bond motifs is 3. The van der Waals surface area contributed by atoms with Crippen LogP contribution in [0.2, 0.25) is 0 Å². The van der Waals surface area contributed by atoms with Crippen molar-refractivity contribution in [3.63, 3.8) is 0 Å². The van der Waals surface area contributed by atoms with Gasteiger partial charge in [0, 0.05) is 6.20 Å². The Kier molecular flexibility index (Phi) is 1.79. The molecule has 0 saturated heterocycles. The molecule has 6 nitrogen and oxygen atoms in total. The van der Waals surface area contributed by atoms with Crippen molar-refractivity contribution in [3.05, 3.63) is 40.4 Å². The molecule has 2 heterocycles. The highest BCUT2D eigenvalue weighted by Gasteiger charge is 2.14. The Morgan fingerprint density at radius 2 is 2.00 bits per heavy atom. The number of pyridine rings is 1. The minimum Gasteiger partial charge on any atom is -0.477 e. The topological polar surface area (TPSA) is 98.8 Å². The van der Waals surface area contributed by atoms with Gasteiger partial charge in [-0.05, 0) is 12.1 Å². The highest BCUT2D eigenvalue weighted by molar-refractivity contribution is 6.04. The lowest BCUT2D eigenvalue weighted by Gasteiger charge is -2.00. The number of rotatable bonds is 1. The summed E-state index contributed by atoms with van der Waals surface area (Å²) in [7, 11) is 0. The van der Waals surface area contributed by atoms with Crippen LogP contribution in [-0.2, 0) is 0 Å². The van der Waals surface area contributed by atoms with Crippen molar-refractivity contribution in [1.29, 1.82) is 0 Å². The van der Waals surface area contributed by atoms with Crippen molar-refractivity contribution in [1.82, 2.24) is 15.0 Å². The Hall–Kier alpha value is -2.63. The Morgan fingerprint density at radius 3 is 2.76 bits per heavy atom. The van der Waals surface area contributed by atoms with Gasteiger partial charge in [-0.3, -0.25) is 4.79 Å². The fourth-order valence-corrected chi connectivity index (χ4v) is 1.87. The summed E-state index contributed by atoms with van der Waals surface area (Å²) in [6, 6.07) is 3.49. The summed E-state index contributed by atoms with van der Waals surface area (Å²) in [5, 5.41) is 9.19. The van der Waals surface area contributed by atoms with Crippen molar-refractivity contribution in [2.45, 2.75) is 0 Å². The van der Waals surface area contributed by atoms with Gasteiger partial charge in [0.15, 0.2) is 0 Å². The Labute approximate surface area is 93.9 Å². The molecule has 0 bridgehead atoms. The molecule has 0 spiro atoms. The van der Waals surface area contributed by atoms with Crippen molar-refractivity contribution in [3.8, 4) is 0 Å². The van der Waals surface area contributed by atoms with Crippen LogP contribution in [-0.4, -0.2) is 26.0 Å². The normalized spacial score (nSPS) is 11.1. The SMILES string of the molecule is O=C(O)c1c[nH]c2ccc3[nH]cnc3c2c1=O. The largest absolute Gasteiger partial charge is 0.477 e. The summed E-state index contributed by atoms with van der Waals surface area (Å²) in [4.78, 5) is 32.6. The number of carboxylic acid groups (broad SMARTS) is 1. The first-order valence-electron chi connectivity index (χ1n) is 4.89. The number of carbonyl (C=O) groups is 1. The van der Waals surface area contributed by atoms with Gasteiger partial charge in [-0.25, -0.2) is 9.78 Å². The van der Waals surface area contributed by atoms with Gasteiger partial charge in [-0.15, -0.1) is 0 Å². The van der Waals surface area contributed by atoms with E-state index in [-0.39, 0.29) is 5.56 Å². The van der Waals surface area contributed by atoms with E-state index < -0.39 is 11.4 Å². The zero-order chi connectivity index (χ0) is 12.0. The fraction of sp³-hybridized carbons (Fsp3) is 0. The first-order valence-corrected chi connectivity index (χ1v) is 4.89. The molecule has 0 aliphatic rings. The zero-order valence-electron chi connectivity index (χ0n) is 8.52. The number of hydrogen-bond donors (Lipinski definition) is 3. The second-order valence-electron chi connectivity index (χ2n) is 3.62. The van der Waals surface area contributed by atoms with Gasteiger partial charge in [-0.1, -0.05) is 0 Å². The van der Waals surface area contributed by atoms with E-state index in [4.69, 9.17) is 5.11 Å². The number of aromatic amines is 2. The maximum atomic E-state index is 12.0. The van der Waals surface area contributed by atoms with Crippen LogP contribution >= 0.6 is 0 Å². The van der Waals surface area contributed by atoms with Crippen LogP contribution in [0.3, 0.4) is 0 Å². The van der Waals surface area contributed by atoms with E-state index in [1.165, 1.54) is 12.5 Å². The van der Waals surface area contributed by atoms with Crippen molar-refractivity contribution < 1.29 is 9.90 Å². The summed E-state index contributed by atoms with van der Waals surface area (Å²) >= 11 is 0. The molecule has 3 rings (SSSR count). The van der Waals surface area contributed by atoms with Gasteiger partial charge in [0.2, 0.25) is 5.43 Å². The molecule has 0 aliphatic carbocycles. The predicted octanol–water partition coefficient (Wildman–Crippen LogP) is 1.10. The van der Waals surface area contributed by atoms with Crippen LogP contribution in [0.4, 0.5) is 0 Å². The van der Waals surface area contributed by atoms with Crippen molar-refractivity contribution >= 4 is 27.9 Å². The Balaban J connectivity index is 2.60. The monoisotopic (exact) mass is 229 g/mol. The number of nitrogens with one attached hydrogen (secondary N) is 2. The Bertz CT molecular complexity index is 800. The molecule has 0 fully saturated rings. The summed E-state index contributed by atoms with van der Waals surface area (Å²) in [6.45, 7) is 0. The van der Waals surface area contributed by atoms with Gasteiger partial charge in [0.25, 0.3) is 0 Å². The van der Waals surface area contributed by atoms with Gasteiger partial charge in [0.05, 0.1) is 22.7 Å². The second-order valence-corrected chi connectivity index (χ2v) is 3.62. The number of hydrogen-bond acceptors (Lipinski definition) is 3. The first kappa shape index (κ1) is 9.59. The molecular formula is C11H7N3O3. The number of imidazole rings is 1. The summed E-state index contributed by atoms with van der Waals surface area (Å²) in [5.41, 5.74) is 0.939. The number of aromatic nitrogens is 3.